The lowest BCUT2D eigenvalue weighted by Gasteiger charge is -2.36. The maximum atomic E-state index is 13.2. The second kappa shape index (κ2) is 9.74. The van der Waals surface area contributed by atoms with Crippen LogP contribution in [0, 0.1) is 5.92 Å². The average Bonchev–Trinajstić information content (AvgIpc) is 2.66. The number of ether oxygens (including phenoxy) is 1. The van der Waals surface area contributed by atoms with Crippen molar-refractivity contribution in [2.75, 3.05) is 20.2 Å². The summed E-state index contributed by atoms with van der Waals surface area (Å²) < 4.78 is 5.51. The maximum Gasteiger partial charge on any atom is 0.316 e. The zero-order valence-corrected chi connectivity index (χ0v) is 17.7. The van der Waals surface area contributed by atoms with E-state index in [0.29, 0.717) is 19.1 Å². The summed E-state index contributed by atoms with van der Waals surface area (Å²) in [7, 11) is 1.87. The van der Waals surface area contributed by atoms with Crippen LogP contribution in [-0.4, -0.2) is 31.3 Å². The van der Waals surface area contributed by atoms with Crippen molar-refractivity contribution in [3.63, 3.8) is 0 Å². The third-order valence-corrected chi connectivity index (χ3v) is 5.27. The molecule has 0 saturated heterocycles. The summed E-state index contributed by atoms with van der Waals surface area (Å²) in [5.41, 5.74) is 2.19. The quantitative estimate of drug-likeness (QED) is 0.630. The van der Waals surface area contributed by atoms with E-state index < -0.39 is 5.41 Å². The van der Waals surface area contributed by atoms with Crippen LogP contribution in [0.15, 0.2) is 48.5 Å². The highest BCUT2D eigenvalue weighted by Gasteiger charge is 2.44. The summed E-state index contributed by atoms with van der Waals surface area (Å²) in [6.45, 7) is 9.06. The molecule has 152 valence electrons. The molecule has 0 unspecified atom stereocenters. The monoisotopic (exact) mass is 383 g/mol. The van der Waals surface area contributed by atoms with Crippen LogP contribution in [0.1, 0.15) is 50.3 Å². The largest absolute Gasteiger partial charge is 0.508 e. The Kier molecular flexibility index (Phi) is 7.64. The van der Waals surface area contributed by atoms with Crippen LogP contribution in [0.25, 0.3) is 0 Å². The molecule has 2 aromatic carbocycles. The first-order valence-corrected chi connectivity index (χ1v) is 10.0. The number of hydrogen-bond donors (Lipinski definition) is 2. The van der Waals surface area contributed by atoms with Crippen molar-refractivity contribution >= 4 is 5.97 Å². The molecular formula is C24H33NO3. The van der Waals surface area contributed by atoms with Crippen molar-refractivity contribution in [2.45, 2.75) is 45.4 Å². The van der Waals surface area contributed by atoms with Gasteiger partial charge in [-0.05, 0) is 62.1 Å². The standard InChI is InChI=1S/C24H33NO3/c1-6-28-23(27)24(4,20-12-10-18(11-13-20)14-17(2)3)22(16-25-5)19-8-7-9-21(26)15-19/h7-13,15,17,22,25-26H,6,14,16H2,1-5H3/t22-,24+/m1/s1. The lowest BCUT2D eigenvalue weighted by atomic mass is 9.68. The minimum atomic E-state index is -0.886. The van der Waals surface area contributed by atoms with Gasteiger partial charge in [-0.15, -0.1) is 0 Å². The molecule has 2 atom stereocenters. The molecular weight excluding hydrogens is 350 g/mol. The molecule has 28 heavy (non-hydrogen) atoms. The number of likely N-dealkylation sites (N-methyl/N-ethyl adjacent to an activating group) is 1. The fourth-order valence-electron chi connectivity index (χ4n) is 3.80. The number of carbonyl (C=O) groups is 1. The molecule has 0 spiro atoms. The van der Waals surface area contributed by atoms with Crippen molar-refractivity contribution in [3.8, 4) is 5.75 Å². The molecule has 2 N–H and O–H groups in total. The van der Waals surface area contributed by atoms with E-state index in [1.807, 2.05) is 45.2 Å². The fourth-order valence-corrected chi connectivity index (χ4v) is 3.80. The summed E-state index contributed by atoms with van der Waals surface area (Å²) >= 11 is 0. The van der Waals surface area contributed by atoms with Crippen LogP contribution in [-0.2, 0) is 21.4 Å². The number of benzene rings is 2. The van der Waals surface area contributed by atoms with Gasteiger partial charge in [0.1, 0.15) is 5.75 Å². The number of aromatic hydroxyl groups is 1. The van der Waals surface area contributed by atoms with E-state index >= 15 is 0 Å². The van der Waals surface area contributed by atoms with Crippen LogP contribution in [0.3, 0.4) is 0 Å². The molecule has 2 rings (SSSR count). The van der Waals surface area contributed by atoms with Crippen LogP contribution < -0.4 is 5.32 Å². The minimum absolute atomic E-state index is 0.192. The summed E-state index contributed by atoms with van der Waals surface area (Å²) in [4.78, 5) is 13.2. The van der Waals surface area contributed by atoms with Gasteiger partial charge in [-0.2, -0.15) is 0 Å². The molecule has 4 heteroatoms. The fraction of sp³-hybridized carbons (Fsp3) is 0.458. The Labute approximate surface area is 168 Å². The van der Waals surface area contributed by atoms with E-state index in [1.54, 1.807) is 12.1 Å². The highest BCUT2D eigenvalue weighted by molar-refractivity contribution is 5.84. The molecule has 0 aliphatic carbocycles. The highest BCUT2D eigenvalue weighted by atomic mass is 16.5. The van der Waals surface area contributed by atoms with Crippen molar-refractivity contribution in [2.24, 2.45) is 5.92 Å². The number of phenolic OH excluding ortho intramolecular Hbond substituents is 1. The third kappa shape index (κ3) is 4.93. The van der Waals surface area contributed by atoms with E-state index in [4.69, 9.17) is 4.74 Å². The van der Waals surface area contributed by atoms with Crippen LogP contribution in [0.4, 0.5) is 0 Å². The number of nitrogens with one attached hydrogen (secondary N) is 1. The van der Waals surface area contributed by atoms with Gasteiger partial charge in [-0.3, -0.25) is 4.79 Å². The maximum absolute atomic E-state index is 13.2. The molecule has 4 nitrogen and oxygen atoms in total. The Hall–Kier alpha value is -2.33. The first kappa shape index (κ1) is 22.0. The van der Waals surface area contributed by atoms with Gasteiger partial charge in [0.05, 0.1) is 12.0 Å². The van der Waals surface area contributed by atoms with Gasteiger partial charge < -0.3 is 15.2 Å². The van der Waals surface area contributed by atoms with Gasteiger partial charge in [0.15, 0.2) is 0 Å². The Morgan fingerprint density at radius 2 is 1.86 bits per heavy atom. The van der Waals surface area contributed by atoms with E-state index in [9.17, 15) is 9.90 Å². The lowest BCUT2D eigenvalue weighted by Crippen LogP contribution is -2.44. The van der Waals surface area contributed by atoms with E-state index in [0.717, 1.165) is 17.5 Å². The zero-order chi connectivity index (χ0) is 20.7. The second-order valence-corrected chi connectivity index (χ2v) is 7.92. The van der Waals surface area contributed by atoms with Crippen molar-refractivity contribution in [1.82, 2.24) is 5.32 Å². The first-order valence-electron chi connectivity index (χ1n) is 10.0. The molecule has 0 aromatic heterocycles. The van der Waals surface area contributed by atoms with E-state index in [1.165, 1.54) is 5.56 Å². The number of carbonyl (C=O) groups excluding carboxylic acids is 1. The lowest BCUT2D eigenvalue weighted by molar-refractivity contribution is -0.150. The van der Waals surface area contributed by atoms with E-state index in [-0.39, 0.29) is 17.6 Å². The second-order valence-electron chi connectivity index (χ2n) is 7.92. The molecule has 0 aliphatic rings. The Morgan fingerprint density at radius 3 is 2.39 bits per heavy atom. The Morgan fingerprint density at radius 1 is 1.18 bits per heavy atom. The van der Waals surface area contributed by atoms with Gasteiger partial charge in [0.2, 0.25) is 0 Å². The molecule has 0 radical (unpaired) electrons. The molecule has 0 fully saturated rings. The van der Waals surface area contributed by atoms with Gasteiger partial charge >= 0.3 is 5.97 Å². The van der Waals surface area contributed by atoms with Crippen LogP contribution in [0.2, 0.25) is 0 Å². The van der Waals surface area contributed by atoms with Crippen LogP contribution >= 0.6 is 0 Å². The van der Waals surface area contributed by atoms with Gasteiger partial charge in [-0.1, -0.05) is 50.2 Å². The summed E-state index contributed by atoms with van der Waals surface area (Å²) in [5.74, 6) is 0.318. The van der Waals surface area contributed by atoms with Crippen molar-refractivity contribution in [3.05, 3.63) is 65.2 Å². The van der Waals surface area contributed by atoms with Crippen molar-refractivity contribution in [1.29, 1.82) is 0 Å². The number of rotatable bonds is 9. The normalized spacial score (nSPS) is 14.5. The zero-order valence-electron chi connectivity index (χ0n) is 17.7. The number of esters is 1. The first-order chi connectivity index (χ1) is 13.3. The molecule has 2 aromatic rings. The third-order valence-electron chi connectivity index (χ3n) is 5.27. The molecule has 0 amide bonds. The number of phenols is 1. The summed E-state index contributed by atoms with van der Waals surface area (Å²) in [5, 5.41) is 13.2. The molecule has 0 heterocycles. The SMILES string of the molecule is CCOC(=O)[C@@](C)(c1ccc(CC(C)C)cc1)[C@H](CNC)c1cccc(O)c1. The Bertz CT molecular complexity index is 770. The van der Waals surface area contributed by atoms with Gasteiger partial charge in [0.25, 0.3) is 0 Å². The van der Waals surface area contributed by atoms with Gasteiger partial charge in [-0.25, -0.2) is 0 Å². The predicted octanol–water partition coefficient (Wildman–Crippen LogP) is 4.41. The molecule has 0 bridgehead atoms. The number of hydrogen-bond acceptors (Lipinski definition) is 4. The summed E-state index contributed by atoms with van der Waals surface area (Å²) in [6.07, 6.45) is 1.00. The molecule has 0 aliphatic heterocycles. The minimum Gasteiger partial charge on any atom is -0.508 e. The van der Waals surface area contributed by atoms with Gasteiger partial charge in [0, 0.05) is 12.5 Å². The molecule has 0 saturated carbocycles. The topological polar surface area (TPSA) is 58.6 Å². The smallest absolute Gasteiger partial charge is 0.316 e. The van der Waals surface area contributed by atoms with Crippen LogP contribution in [0.5, 0.6) is 5.75 Å². The van der Waals surface area contributed by atoms with E-state index in [2.05, 4.69) is 31.3 Å². The Balaban J connectivity index is 2.55. The highest BCUT2D eigenvalue weighted by Crippen LogP contribution is 2.41. The van der Waals surface area contributed by atoms with Crippen molar-refractivity contribution < 1.29 is 14.6 Å². The predicted molar refractivity (Wildman–Crippen MR) is 114 cm³/mol. The average molecular weight is 384 g/mol. The summed E-state index contributed by atoms with van der Waals surface area (Å²) in [6, 6.07) is 15.4.